The zero-order chi connectivity index (χ0) is 13.8. The number of benzene rings is 1. The lowest BCUT2D eigenvalue weighted by Gasteiger charge is -2.09. The monoisotopic (exact) mass is 321 g/mol. The van der Waals surface area contributed by atoms with Crippen LogP contribution >= 0.6 is 15.9 Å². The smallest absolute Gasteiger partial charge is 0.168 e. The van der Waals surface area contributed by atoms with Crippen molar-refractivity contribution in [1.29, 1.82) is 0 Å². The number of hydrogen-bond donors (Lipinski definition) is 1. The number of nitrogens with one attached hydrogen (secondary N) is 1. The molecule has 0 fully saturated rings. The Bertz CT molecular complexity index is 587. The first-order valence-corrected chi connectivity index (χ1v) is 6.79. The number of anilines is 1. The number of hydrogen-bond acceptors (Lipinski definition) is 4. The largest absolute Gasteiger partial charge is 0.484 e. The average Bonchev–Trinajstić information content (AvgIpc) is 2.37. The van der Waals surface area contributed by atoms with E-state index in [1.54, 1.807) is 0 Å². The molecule has 0 atom stereocenters. The molecule has 19 heavy (non-hydrogen) atoms. The van der Waals surface area contributed by atoms with Crippen molar-refractivity contribution < 1.29 is 4.74 Å². The summed E-state index contributed by atoms with van der Waals surface area (Å²) in [6, 6.07) is 7.86. The number of rotatable bonds is 4. The van der Waals surface area contributed by atoms with E-state index in [0.29, 0.717) is 12.4 Å². The van der Waals surface area contributed by atoms with Gasteiger partial charge in [-0.25, -0.2) is 9.97 Å². The Balaban J connectivity index is 2.12. The van der Waals surface area contributed by atoms with Gasteiger partial charge < -0.3 is 10.1 Å². The molecular weight excluding hydrogens is 306 g/mol. The fraction of sp³-hybridized carbons (Fsp3) is 0.286. The molecule has 2 rings (SSSR count). The maximum Gasteiger partial charge on any atom is 0.168 e. The summed E-state index contributed by atoms with van der Waals surface area (Å²) in [5.41, 5.74) is 2.10. The van der Waals surface area contributed by atoms with E-state index in [1.807, 2.05) is 45.2 Å². The van der Waals surface area contributed by atoms with Crippen LogP contribution in [-0.2, 0) is 6.61 Å². The van der Waals surface area contributed by atoms with E-state index in [2.05, 4.69) is 31.2 Å². The molecule has 0 aliphatic heterocycles. The molecular formula is C14H16BrN3O. The molecule has 0 unspecified atom stereocenters. The van der Waals surface area contributed by atoms with E-state index in [4.69, 9.17) is 4.74 Å². The Morgan fingerprint density at radius 3 is 2.68 bits per heavy atom. The Labute approximate surface area is 121 Å². The van der Waals surface area contributed by atoms with Crippen molar-refractivity contribution in [2.45, 2.75) is 20.5 Å². The summed E-state index contributed by atoms with van der Waals surface area (Å²) >= 11 is 3.49. The molecule has 0 bridgehead atoms. The highest BCUT2D eigenvalue weighted by Gasteiger charge is 2.05. The molecule has 0 radical (unpaired) electrons. The normalized spacial score (nSPS) is 10.3. The minimum absolute atomic E-state index is 0.345. The fourth-order valence-corrected chi connectivity index (χ4v) is 2.30. The Morgan fingerprint density at radius 1 is 1.21 bits per heavy atom. The van der Waals surface area contributed by atoms with Gasteiger partial charge in [0.25, 0.3) is 0 Å². The van der Waals surface area contributed by atoms with E-state index in [1.165, 1.54) is 5.56 Å². The summed E-state index contributed by atoms with van der Waals surface area (Å²) in [6.45, 7) is 4.32. The minimum atomic E-state index is 0.345. The molecule has 0 spiro atoms. The first kappa shape index (κ1) is 13.8. The summed E-state index contributed by atoms with van der Waals surface area (Å²) in [4.78, 5) is 8.70. The van der Waals surface area contributed by atoms with Gasteiger partial charge in [-0.2, -0.15) is 0 Å². The molecule has 0 amide bonds. The molecule has 4 nitrogen and oxygen atoms in total. The molecule has 1 heterocycles. The van der Waals surface area contributed by atoms with Crippen molar-refractivity contribution in [2.24, 2.45) is 0 Å². The van der Waals surface area contributed by atoms with Gasteiger partial charge in [-0.1, -0.05) is 6.07 Å². The highest BCUT2D eigenvalue weighted by atomic mass is 79.9. The van der Waals surface area contributed by atoms with Crippen LogP contribution in [0.5, 0.6) is 5.75 Å². The molecule has 0 aliphatic rings. The second-order valence-electron chi connectivity index (χ2n) is 4.28. The molecule has 2 aromatic rings. The number of ether oxygens (including phenoxy) is 1. The molecule has 5 heteroatoms. The predicted molar refractivity (Wildman–Crippen MR) is 79.5 cm³/mol. The molecule has 0 aliphatic carbocycles. The van der Waals surface area contributed by atoms with Crippen LogP contribution in [-0.4, -0.2) is 17.0 Å². The lowest BCUT2D eigenvalue weighted by Crippen LogP contribution is -2.05. The van der Waals surface area contributed by atoms with Gasteiger partial charge in [-0.05, 0) is 47.5 Å². The first-order chi connectivity index (χ1) is 9.08. The predicted octanol–water partition coefficient (Wildman–Crippen LogP) is 3.48. The third-order valence-corrected chi connectivity index (χ3v) is 3.22. The maximum absolute atomic E-state index is 5.73. The molecule has 100 valence electrons. The van der Waals surface area contributed by atoms with Gasteiger partial charge in [-0.3, -0.25) is 0 Å². The third-order valence-electron chi connectivity index (χ3n) is 2.60. The Hall–Kier alpha value is -1.62. The van der Waals surface area contributed by atoms with Crippen molar-refractivity contribution in [1.82, 2.24) is 9.97 Å². The van der Waals surface area contributed by atoms with Crippen molar-refractivity contribution in [3.05, 3.63) is 45.8 Å². The van der Waals surface area contributed by atoms with E-state index >= 15 is 0 Å². The highest BCUT2D eigenvalue weighted by Crippen LogP contribution is 2.26. The van der Waals surface area contributed by atoms with Gasteiger partial charge in [0.05, 0.1) is 4.47 Å². The average molecular weight is 322 g/mol. The molecule has 0 saturated heterocycles. The van der Waals surface area contributed by atoms with Gasteiger partial charge in [0, 0.05) is 18.8 Å². The van der Waals surface area contributed by atoms with Crippen molar-refractivity contribution in [3.63, 3.8) is 0 Å². The van der Waals surface area contributed by atoms with Crippen LogP contribution in [0.25, 0.3) is 0 Å². The van der Waals surface area contributed by atoms with Crippen LogP contribution in [0.3, 0.4) is 0 Å². The SMILES string of the molecule is CNc1cc(C)nc(COc2ccc(C)cc2Br)n1. The van der Waals surface area contributed by atoms with Crippen LogP contribution in [0.4, 0.5) is 5.82 Å². The van der Waals surface area contributed by atoms with Crippen molar-refractivity contribution >= 4 is 21.7 Å². The van der Waals surface area contributed by atoms with Crippen LogP contribution in [0.2, 0.25) is 0 Å². The van der Waals surface area contributed by atoms with Gasteiger partial charge in [0.2, 0.25) is 0 Å². The summed E-state index contributed by atoms with van der Waals surface area (Å²) < 4.78 is 6.67. The summed E-state index contributed by atoms with van der Waals surface area (Å²) in [5, 5.41) is 3.01. The zero-order valence-electron chi connectivity index (χ0n) is 11.2. The molecule has 1 aromatic carbocycles. The van der Waals surface area contributed by atoms with Gasteiger partial charge in [-0.15, -0.1) is 0 Å². The van der Waals surface area contributed by atoms with Crippen LogP contribution in [0.15, 0.2) is 28.7 Å². The summed E-state index contributed by atoms with van der Waals surface area (Å²) in [6.07, 6.45) is 0. The lowest BCUT2D eigenvalue weighted by atomic mass is 10.2. The van der Waals surface area contributed by atoms with E-state index < -0.39 is 0 Å². The number of aromatic nitrogens is 2. The van der Waals surface area contributed by atoms with Crippen molar-refractivity contribution in [3.8, 4) is 5.75 Å². The number of halogens is 1. The van der Waals surface area contributed by atoms with Crippen LogP contribution in [0.1, 0.15) is 17.1 Å². The van der Waals surface area contributed by atoms with E-state index in [0.717, 1.165) is 21.7 Å². The summed E-state index contributed by atoms with van der Waals surface area (Å²) in [7, 11) is 1.84. The topological polar surface area (TPSA) is 47.0 Å². The second kappa shape index (κ2) is 6.02. The minimum Gasteiger partial charge on any atom is -0.484 e. The molecule has 1 N–H and O–H groups in total. The van der Waals surface area contributed by atoms with Crippen molar-refractivity contribution in [2.75, 3.05) is 12.4 Å². The van der Waals surface area contributed by atoms with Crippen LogP contribution in [0, 0.1) is 13.8 Å². The standard InChI is InChI=1S/C14H16BrN3O/c1-9-4-5-12(11(15)6-9)19-8-14-17-10(2)7-13(16-3)18-14/h4-7H,8H2,1-3H3,(H,16,17,18). The Kier molecular flexibility index (Phi) is 4.37. The quantitative estimate of drug-likeness (QED) is 0.936. The highest BCUT2D eigenvalue weighted by molar-refractivity contribution is 9.10. The fourth-order valence-electron chi connectivity index (χ4n) is 1.69. The molecule has 0 saturated carbocycles. The number of nitrogens with zero attached hydrogens (tertiary/aromatic N) is 2. The maximum atomic E-state index is 5.73. The zero-order valence-corrected chi connectivity index (χ0v) is 12.8. The molecule has 1 aromatic heterocycles. The lowest BCUT2D eigenvalue weighted by molar-refractivity contribution is 0.294. The summed E-state index contributed by atoms with van der Waals surface area (Å²) in [5.74, 6) is 2.26. The number of aryl methyl sites for hydroxylation is 2. The first-order valence-electron chi connectivity index (χ1n) is 6.00. The van der Waals surface area contributed by atoms with Gasteiger partial charge in [0.1, 0.15) is 18.2 Å². The van der Waals surface area contributed by atoms with Gasteiger partial charge in [0.15, 0.2) is 5.82 Å². The van der Waals surface area contributed by atoms with Crippen LogP contribution < -0.4 is 10.1 Å². The third kappa shape index (κ3) is 3.67. The van der Waals surface area contributed by atoms with Gasteiger partial charge >= 0.3 is 0 Å². The van der Waals surface area contributed by atoms with E-state index in [-0.39, 0.29) is 0 Å². The van der Waals surface area contributed by atoms with E-state index in [9.17, 15) is 0 Å². The Morgan fingerprint density at radius 2 is 2.00 bits per heavy atom. The second-order valence-corrected chi connectivity index (χ2v) is 5.14.